The van der Waals surface area contributed by atoms with Gasteiger partial charge in [0.05, 0.1) is 0 Å². The van der Waals surface area contributed by atoms with E-state index in [1.807, 2.05) is 0 Å². The van der Waals surface area contributed by atoms with Gasteiger partial charge in [0.25, 0.3) is 0 Å². The van der Waals surface area contributed by atoms with Crippen LogP contribution in [-0.2, 0) is 18.1 Å². The monoisotopic (exact) mass is 431 g/mol. The van der Waals surface area contributed by atoms with Gasteiger partial charge in [0.1, 0.15) is 5.52 Å². The van der Waals surface area contributed by atoms with Crippen molar-refractivity contribution < 1.29 is 70.8 Å². The van der Waals surface area contributed by atoms with Crippen molar-refractivity contribution in [3.8, 4) is 0 Å². The summed E-state index contributed by atoms with van der Waals surface area (Å²) in [5.41, 5.74) is 1.20. The van der Waals surface area contributed by atoms with E-state index in [1.165, 1.54) is 0 Å². The second-order valence-electron chi connectivity index (χ2n) is 3.13. The third-order valence-corrected chi connectivity index (χ3v) is 4.75. The van der Waals surface area contributed by atoms with Crippen LogP contribution in [-0.4, -0.2) is 31.0 Å². The molecule has 0 fully saturated rings. The normalized spacial score (nSPS) is 15.0. The molecule has 0 aliphatic heterocycles. The van der Waals surface area contributed by atoms with E-state index >= 15 is 0 Å². The zero-order valence-electron chi connectivity index (χ0n) is 10.2. The molecule has 0 aromatic rings. The Balaban J connectivity index is 5.48. The third kappa shape index (κ3) is 12.2. The fraction of sp³-hybridized carbons (Fsp3) is 1.00. The Kier molecular flexibility index (Phi) is 7.95. The first-order valence-electron chi connectivity index (χ1n) is 4.66. The van der Waals surface area contributed by atoms with Crippen molar-refractivity contribution in [3.63, 3.8) is 0 Å². The van der Waals surface area contributed by atoms with Gasteiger partial charge < -0.3 is 5.73 Å². The summed E-state index contributed by atoms with van der Waals surface area (Å²) in [5, 5.41) is 0. The van der Waals surface area contributed by atoms with Gasteiger partial charge in [-0.1, -0.05) is 0 Å². The number of hydrogen-bond acceptors (Lipinski definition) is 5. The standard InChI is InChI=1S/C5H3F12NO4P2/c6-2(7,8)19-23(20-3(9,10)11)1(18)24(21-4(12,13)14)22-5(15,16)17/h1H,18H2. The summed E-state index contributed by atoms with van der Waals surface area (Å²) in [5.74, 6) is 0. The van der Waals surface area contributed by atoms with Crippen LogP contribution in [0.4, 0.5) is 52.7 Å². The summed E-state index contributed by atoms with van der Waals surface area (Å²) >= 11 is 0. The maximum atomic E-state index is 12.0. The van der Waals surface area contributed by atoms with Crippen molar-refractivity contribution in [2.24, 2.45) is 5.73 Å². The Morgan fingerprint density at radius 2 is 0.667 bits per heavy atom. The van der Waals surface area contributed by atoms with Crippen LogP contribution in [0.5, 0.6) is 0 Å². The lowest BCUT2D eigenvalue weighted by Crippen LogP contribution is -2.30. The molecule has 0 amide bonds. The maximum Gasteiger partial charge on any atom is 0.527 e. The topological polar surface area (TPSA) is 62.9 Å². The first kappa shape index (κ1) is 23.8. The van der Waals surface area contributed by atoms with E-state index in [9.17, 15) is 52.7 Å². The summed E-state index contributed by atoms with van der Waals surface area (Å²) in [4.78, 5) is 0. The summed E-state index contributed by atoms with van der Waals surface area (Å²) in [6, 6.07) is 0. The Morgan fingerprint density at radius 1 is 0.500 bits per heavy atom. The zero-order chi connectivity index (χ0) is 19.6. The van der Waals surface area contributed by atoms with Crippen LogP contribution < -0.4 is 5.73 Å². The fourth-order valence-corrected chi connectivity index (χ4v) is 3.24. The minimum Gasteiger partial charge on any atom is -0.313 e. The van der Waals surface area contributed by atoms with Crippen molar-refractivity contribution in [1.82, 2.24) is 0 Å². The zero-order valence-corrected chi connectivity index (χ0v) is 12.0. The first-order chi connectivity index (χ1) is 10.3. The molecular formula is C5H3F12NO4P2. The van der Waals surface area contributed by atoms with E-state index < -0.39 is 47.7 Å². The van der Waals surface area contributed by atoms with Gasteiger partial charge in [0.15, 0.2) is 0 Å². The molecule has 2 N–H and O–H groups in total. The van der Waals surface area contributed by atoms with E-state index in [2.05, 4.69) is 23.8 Å². The molecule has 0 bridgehead atoms. The van der Waals surface area contributed by atoms with Crippen LogP contribution in [0.2, 0.25) is 0 Å². The molecule has 24 heavy (non-hydrogen) atoms. The minimum atomic E-state index is -5.92. The van der Waals surface area contributed by atoms with Crippen molar-refractivity contribution in [2.45, 2.75) is 31.0 Å². The van der Waals surface area contributed by atoms with Crippen LogP contribution in [0.3, 0.4) is 0 Å². The number of alkyl halides is 12. The molecule has 0 unspecified atom stereocenters. The average Bonchev–Trinajstić information content (AvgIpc) is 2.17. The van der Waals surface area contributed by atoms with Gasteiger partial charge in [-0.3, -0.25) is 0 Å². The summed E-state index contributed by atoms with van der Waals surface area (Å²) < 4.78 is 154. The van der Waals surface area contributed by atoms with E-state index in [4.69, 9.17) is 0 Å². The van der Waals surface area contributed by atoms with Gasteiger partial charge in [-0.15, -0.1) is 52.7 Å². The SMILES string of the molecule is NC(P(OC(F)(F)F)OC(F)(F)F)P(OC(F)(F)F)OC(F)(F)F. The van der Waals surface area contributed by atoms with E-state index in [0.29, 0.717) is 0 Å². The van der Waals surface area contributed by atoms with Gasteiger partial charge in [0, 0.05) is 0 Å². The van der Waals surface area contributed by atoms with Crippen molar-refractivity contribution in [2.75, 3.05) is 0 Å². The summed E-state index contributed by atoms with van der Waals surface area (Å²) in [6.07, 6.45) is -23.7. The largest absolute Gasteiger partial charge is 0.527 e. The minimum absolute atomic E-state index is 2.70. The number of rotatable bonds is 6. The Labute approximate surface area is 125 Å². The number of hydrogen-bond donors (Lipinski definition) is 1. The highest BCUT2D eigenvalue weighted by Crippen LogP contribution is 2.64. The molecule has 0 aromatic heterocycles. The number of halogens is 12. The second-order valence-corrected chi connectivity index (χ2v) is 6.52. The van der Waals surface area contributed by atoms with Crippen molar-refractivity contribution in [3.05, 3.63) is 0 Å². The maximum absolute atomic E-state index is 12.0. The predicted molar refractivity (Wildman–Crippen MR) is 50.4 cm³/mol. The Hall–Kier alpha value is -0.180. The molecular weight excluding hydrogens is 428 g/mol. The molecule has 0 aliphatic carbocycles. The van der Waals surface area contributed by atoms with Crippen LogP contribution in [0.15, 0.2) is 0 Å². The summed E-state index contributed by atoms with van der Waals surface area (Å²) in [6.45, 7) is 0. The number of nitrogens with two attached hydrogens (primary N) is 1. The van der Waals surface area contributed by atoms with Gasteiger partial charge in [-0.05, 0) is 0 Å². The fourth-order valence-electron chi connectivity index (χ4n) is 0.738. The molecule has 0 aromatic carbocycles. The highest BCUT2D eigenvalue weighted by molar-refractivity contribution is 7.66. The first-order valence-corrected chi connectivity index (χ1v) is 7.16. The van der Waals surface area contributed by atoms with Gasteiger partial charge >= 0.3 is 25.4 Å². The van der Waals surface area contributed by atoms with Gasteiger partial charge in [-0.2, -0.15) is 0 Å². The molecule has 0 rings (SSSR count). The molecule has 19 heteroatoms. The molecule has 0 atom stereocenters. The molecule has 0 saturated carbocycles. The van der Waals surface area contributed by atoms with Gasteiger partial charge in [0.2, 0.25) is 16.8 Å². The molecule has 0 saturated heterocycles. The van der Waals surface area contributed by atoms with E-state index in [0.717, 1.165) is 0 Å². The van der Waals surface area contributed by atoms with Crippen LogP contribution >= 0.6 is 16.8 Å². The molecule has 5 nitrogen and oxygen atoms in total. The molecule has 0 heterocycles. The smallest absolute Gasteiger partial charge is 0.313 e. The second kappa shape index (κ2) is 8.01. The van der Waals surface area contributed by atoms with Gasteiger partial charge in [-0.25, -0.2) is 18.1 Å². The highest BCUT2D eigenvalue weighted by Gasteiger charge is 2.52. The molecule has 0 aliphatic rings. The lowest BCUT2D eigenvalue weighted by Gasteiger charge is -2.29. The Morgan fingerprint density at radius 3 is 0.792 bits per heavy atom. The lowest BCUT2D eigenvalue weighted by atomic mass is 11.4. The molecule has 146 valence electrons. The van der Waals surface area contributed by atoms with E-state index in [1.54, 1.807) is 0 Å². The Bertz CT molecular complexity index is 325. The van der Waals surface area contributed by atoms with Crippen molar-refractivity contribution >= 4 is 16.8 Å². The van der Waals surface area contributed by atoms with Crippen LogP contribution in [0.1, 0.15) is 0 Å². The predicted octanol–water partition coefficient (Wildman–Crippen LogP) is 5.00. The average molecular weight is 431 g/mol. The molecule has 0 radical (unpaired) electrons. The highest BCUT2D eigenvalue weighted by atomic mass is 31.2. The third-order valence-electron chi connectivity index (χ3n) is 1.21. The lowest BCUT2D eigenvalue weighted by molar-refractivity contribution is -0.303. The van der Waals surface area contributed by atoms with Crippen LogP contribution in [0.25, 0.3) is 0 Å². The molecule has 0 spiro atoms. The van der Waals surface area contributed by atoms with Crippen LogP contribution in [0, 0.1) is 0 Å². The van der Waals surface area contributed by atoms with Crippen molar-refractivity contribution in [1.29, 1.82) is 0 Å². The van der Waals surface area contributed by atoms with E-state index in [-0.39, 0.29) is 0 Å². The quantitative estimate of drug-likeness (QED) is 0.474. The summed E-state index contributed by atoms with van der Waals surface area (Å²) in [7, 11) is -9.27.